The molecule has 2 aromatic heterocycles. The highest BCUT2D eigenvalue weighted by Gasteiger charge is 2.09. The Hall–Kier alpha value is -1.39. The summed E-state index contributed by atoms with van der Waals surface area (Å²) in [5.74, 6) is 0. The third-order valence-electron chi connectivity index (χ3n) is 2.95. The van der Waals surface area contributed by atoms with Gasteiger partial charge in [-0.3, -0.25) is 0 Å². The van der Waals surface area contributed by atoms with Gasteiger partial charge in [0.1, 0.15) is 5.65 Å². The summed E-state index contributed by atoms with van der Waals surface area (Å²) in [5.41, 5.74) is 2.33. The number of fused-ring (bicyclic) bond motifs is 1. The second-order valence-corrected chi connectivity index (χ2v) is 4.75. The fourth-order valence-corrected chi connectivity index (χ4v) is 2.01. The van der Waals surface area contributed by atoms with Gasteiger partial charge in [-0.25, -0.2) is 4.98 Å². The summed E-state index contributed by atoms with van der Waals surface area (Å²) in [6.07, 6.45) is 4.01. The van der Waals surface area contributed by atoms with Crippen LogP contribution in [0.15, 0.2) is 24.5 Å². The van der Waals surface area contributed by atoms with Crippen LogP contribution >= 0.6 is 0 Å². The highest BCUT2D eigenvalue weighted by Crippen LogP contribution is 2.19. The number of methoxy groups -OCH3 is 1. The van der Waals surface area contributed by atoms with Crippen molar-refractivity contribution in [3.8, 4) is 0 Å². The molecule has 4 heteroatoms. The van der Waals surface area contributed by atoms with Crippen LogP contribution in [0, 0.1) is 0 Å². The van der Waals surface area contributed by atoms with Gasteiger partial charge in [-0.05, 0) is 17.7 Å². The maximum Gasteiger partial charge on any atom is 0.140 e. The van der Waals surface area contributed by atoms with Gasteiger partial charge in [0.2, 0.25) is 0 Å². The minimum absolute atomic E-state index is 0.485. The van der Waals surface area contributed by atoms with E-state index in [4.69, 9.17) is 4.74 Å². The molecule has 0 aliphatic carbocycles. The zero-order valence-electron chi connectivity index (χ0n) is 11.3. The molecule has 0 atom stereocenters. The molecule has 1 N–H and O–H groups in total. The Kier molecular flexibility index (Phi) is 4.33. The zero-order chi connectivity index (χ0) is 13.0. The largest absolute Gasteiger partial charge is 0.383 e. The number of aromatic nitrogens is 2. The maximum atomic E-state index is 5.14. The van der Waals surface area contributed by atoms with Crippen LogP contribution in [0.1, 0.15) is 19.4 Å². The lowest BCUT2D eigenvalue weighted by atomic mass is 10.2. The monoisotopic (exact) mass is 247 g/mol. The van der Waals surface area contributed by atoms with Gasteiger partial charge >= 0.3 is 0 Å². The fraction of sp³-hybridized carbons (Fsp3) is 0.500. The van der Waals surface area contributed by atoms with Crippen LogP contribution in [0.25, 0.3) is 11.0 Å². The second kappa shape index (κ2) is 5.98. The Morgan fingerprint density at radius 2 is 2.28 bits per heavy atom. The van der Waals surface area contributed by atoms with E-state index < -0.39 is 0 Å². The maximum absolute atomic E-state index is 5.14. The van der Waals surface area contributed by atoms with Crippen molar-refractivity contribution in [1.82, 2.24) is 14.9 Å². The van der Waals surface area contributed by atoms with Crippen LogP contribution in [0.2, 0.25) is 0 Å². The Morgan fingerprint density at radius 1 is 1.44 bits per heavy atom. The Morgan fingerprint density at radius 3 is 3.00 bits per heavy atom. The molecule has 0 saturated carbocycles. The van der Waals surface area contributed by atoms with E-state index in [0.717, 1.165) is 18.7 Å². The lowest BCUT2D eigenvalue weighted by Gasteiger charge is -2.06. The predicted molar refractivity (Wildman–Crippen MR) is 73.6 cm³/mol. The van der Waals surface area contributed by atoms with Gasteiger partial charge in [0.25, 0.3) is 0 Å². The average molecular weight is 247 g/mol. The average Bonchev–Trinajstić information content (AvgIpc) is 2.72. The summed E-state index contributed by atoms with van der Waals surface area (Å²) in [7, 11) is 1.72. The number of pyridine rings is 1. The Labute approximate surface area is 108 Å². The minimum atomic E-state index is 0.485. The van der Waals surface area contributed by atoms with E-state index in [2.05, 4.69) is 41.0 Å². The number of hydrogen-bond donors (Lipinski definition) is 1. The standard InChI is InChI=1S/C14H21N3O/c1-11(2)16-9-12-10-17(7-8-18-3)14-13(12)5-4-6-15-14/h4-6,10-11,16H,7-9H2,1-3H3. The molecule has 0 spiro atoms. The molecule has 18 heavy (non-hydrogen) atoms. The minimum Gasteiger partial charge on any atom is -0.383 e. The third kappa shape index (κ3) is 2.89. The van der Waals surface area contributed by atoms with Gasteiger partial charge in [-0.2, -0.15) is 0 Å². The van der Waals surface area contributed by atoms with Crippen LogP contribution in [-0.2, 0) is 17.8 Å². The van der Waals surface area contributed by atoms with Gasteiger partial charge in [-0.1, -0.05) is 13.8 Å². The first-order chi connectivity index (χ1) is 8.72. The lowest BCUT2D eigenvalue weighted by Crippen LogP contribution is -2.21. The van der Waals surface area contributed by atoms with Crippen LogP contribution in [0.5, 0.6) is 0 Å². The number of rotatable bonds is 6. The summed E-state index contributed by atoms with van der Waals surface area (Å²) in [4.78, 5) is 4.46. The smallest absolute Gasteiger partial charge is 0.140 e. The third-order valence-corrected chi connectivity index (χ3v) is 2.95. The molecule has 2 aromatic rings. The molecule has 2 rings (SSSR count). The first kappa shape index (κ1) is 13.1. The van der Waals surface area contributed by atoms with E-state index in [-0.39, 0.29) is 0 Å². The predicted octanol–water partition coefficient (Wildman–Crippen LogP) is 2.18. The fourth-order valence-electron chi connectivity index (χ4n) is 2.01. The molecule has 0 aliphatic heterocycles. The summed E-state index contributed by atoms with van der Waals surface area (Å²) in [5, 5.41) is 4.67. The highest BCUT2D eigenvalue weighted by molar-refractivity contribution is 5.80. The molecular formula is C14H21N3O. The lowest BCUT2D eigenvalue weighted by molar-refractivity contribution is 0.188. The van der Waals surface area contributed by atoms with Crippen molar-refractivity contribution in [2.24, 2.45) is 0 Å². The number of ether oxygens (including phenoxy) is 1. The Balaban J connectivity index is 2.28. The number of nitrogens with one attached hydrogen (secondary N) is 1. The molecule has 0 bridgehead atoms. The molecule has 0 fully saturated rings. The molecule has 4 nitrogen and oxygen atoms in total. The molecule has 98 valence electrons. The van der Waals surface area contributed by atoms with Gasteiger partial charge in [0.15, 0.2) is 0 Å². The van der Waals surface area contributed by atoms with Gasteiger partial charge in [0.05, 0.1) is 6.61 Å². The first-order valence-electron chi connectivity index (χ1n) is 6.37. The summed E-state index contributed by atoms with van der Waals surface area (Å²) < 4.78 is 7.30. The molecule has 0 unspecified atom stereocenters. The van der Waals surface area contributed by atoms with E-state index in [9.17, 15) is 0 Å². The van der Waals surface area contributed by atoms with Crippen LogP contribution in [-0.4, -0.2) is 29.3 Å². The van der Waals surface area contributed by atoms with Gasteiger partial charge in [-0.15, -0.1) is 0 Å². The van der Waals surface area contributed by atoms with Crippen LogP contribution in [0.4, 0.5) is 0 Å². The van der Waals surface area contributed by atoms with E-state index in [1.165, 1.54) is 10.9 Å². The van der Waals surface area contributed by atoms with Crippen molar-refractivity contribution in [2.45, 2.75) is 33.0 Å². The first-order valence-corrected chi connectivity index (χ1v) is 6.37. The molecule has 0 saturated heterocycles. The topological polar surface area (TPSA) is 39.1 Å². The molecule has 0 amide bonds. The molecule has 0 aromatic carbocycles. The van der Waals surface area contributed by atoms with E-state index in [1.54, 1.807) is 7.11 Å². The van der Waals surface area contributed by atoms with Crippen molar-refractivity contribution in [2.75, 3.05) is 13.7 Å². The van der Waals surface area contributed by atoms with Crippen LogP contribution < -0.4 is 5.32 Å². The molecule has 2 heterocycles. The second-order valence-electron chi connectivity index (χ2n) is 4.75. The summed E-state index contributed by atoms with van der Waals surface area (Å²) in [6, 6.07) is 4.60. The van der Waals surface area contributed by atoms with Crippen molar-refractivity contribution in [3.63, 3.8) is 0 Å². The molecule has 0 aliphatic rings. The highest BCUT2D eigenvalue weighted by atomic mass is 16.5. The SMILES string of the molecule is COCCn1cc(CNC(C)C)c2cccnc21. The quantitative estimate of drug-likeness (QED) is 0.850. The van der Waals surface area contributed by atoms with Crippen LogP contribution in [0.3, 0.4) is 0 Å². The van der Waals surface area contributed by atoms with Gasteiger partial charge in [0, 0.05) is 44.0 Å². The molecular weight excluding hydrogens is 226 g/mol. The molecule has 0 radical (unpaired) electrons. The van der Waals surface area contributed by atoms with Crippen molar-refractivity contribution < 1.29 is 4.74 Å². The normalized spacial score (nSPS) is 11.6. The van der Waals surface area contributed by atoms with E-state index in [0.29, 0.717) is 12.6 Å². The van der Waals surface area contributed by atoms with E-state index in [1.807, 2.05) is 12.3 Å². The summed E-state index contributed by atoms with van der Waals surface area (Å²) in [6.45, 7) is 6.73. The summed E-state index contributed by atoms with van der Waals surface area (Å²) >= 11 is 0. The van der Waals surface area contributed by atoms with E-state index >= 15 is 0 Å². The number of hydrogen-bond acceptors (Lipinski definition) is 3. The van der Waals surface area contributed by atoms with Crippen molar-refractivity contribution >= 4 is 11.0 Å². The van der Waals surface area contributed by atoms with Crippen molar-refractivity contribution in [1.29, 1.82) is 0 Å². The number of nitrogens with zero attached hydrogens (tertiary/aromatic N) is 2. The van der Waals surface area contributed by atoms with Crippen molar-refractivity contribution in [3.05, 3.63) is 30.1 Å². The Bertz CT molecular complexity index is 505. The zero-order valence-corrected chi connectivity index (χ0v) is 11.3. The van der Waals surface area contributed by atoms with Gasteiger partial charge < -0.3 is 14.6 Å².